The van der Waals surface area contributed by atoms with Crippen LogP contribution in [0.25, 0.3) is 6.08 Å². The van der Waals surface area contributed by atoms with Gasteiger partial charge in [-0.1, -0.05) is 18.2 Å². The Labute approximate surface area is 157 Å². The first-order chi connectivity index (χ1) is 12.7. The molecule has 1 aromatic heterocycles. The molecule has 2 aromatic rings. The quantitative estimate of drug-likeness (QED) is 0.823. The van der Waals surface area contributed by atoms with Gasteiger partial charge >= 0.3 is 0 Å². The van der Waals surface area contributed by atoms with Gasteiger partial charge in [0.25, 0.3) is 5.91 Å². The third-order valence-corrected chi connectivity index (χ3v) is 5.15. The molecule has 0 bridgehead atoms. The summed E-state index contributed by atoms with van der Waals surface area (Å²) < 4.78 is 5.29. The van der Waals surface area contributed by atoms with Crippen molar-refractivity contribution in [3.8, 4) is 5.75 Å². The number of para-hydroxylation sites is 1. The normalized spacial score (nSPS) is 15.2. The molecule has 26 heavy (non-hydrogen) atoms. The first-order valence-electron chi connectivity index (χ1n) is 8.60. The Balaban J connectivity index is 1.50. The molecule has 1 saturated heterocycles. The molecule has 1 fully saturated rings. The van der Waals surface area contributed by atoms with Crippen LogP contribution in [0.4, 0.5) is 0 Å². The molecule has 5 nitrogen and oxygen atoms in total. The summed E-state index contributed by atoms with van der Waals surface area (Å²) in [5.41, 5.74) is 1.58. The number of benzene rings is 1. The highest BCUT2D eigenvalue weighted by atomic mass is 32.1. The highest BCUT2D eigenvalue weighted by Crippen LogP contribution is 2.19. The van der Waals surface area contributed by atoms with Crippen LogP contribution in [0, 0.1) is 0 Å². The van der Waals surface area contributed by atoms with Crippen molar-refractivity contribution in [3.63, 3.8) is 0 Å². The zero-order chi connectivity index (χ0) is 18.4. The Morgan fingerprint density at radius 3 is 2.69 bits per heavy atom. The summed E-state index contributed by atoms with van der Waals surface area (Å²) in [5.74, 6) is 0.692. The van der Waals surface area contributed by atoms with Gasteiger partial charge in [-0.15, -0.1) is 0 Å². The smallest absolute Gasteiger partial charge is 0.252 e. The summed E-state index contributed by atoms with van der Waals surface area (Å²) >= 11 is 1.51. The molecule has 0 spiro atoms. The summed E-state index contributed by atoms with van der Waals surface area (Å²) in [6, 6.07) is 9.52. The van der Waals surface area contributed by atoms with E-state index in [1.165, 1.54) is 11.3 Å². The lowest BCUT2D eigenvalue weighted by Gasteiger charge is -2.31. The SMILES string of the molecule is COc1ccccc1/C=C/C(=O)N1CCC(NC(=O)c2ccsc2)CC1. The number of nitrogens with zero attached hydrogens (tertiary/aromatic N) is 1. The van der Waals surface area contributed by atoms with Gasteiger partial charge in [0, 0.05) is 41.7 Å². The number of piperidine rings is 1. The number of carbonyl (C=O) groups excluding carboxylic acids is 2. The highest BCUT2D eigenvalue weighted by molar-refractivity contribution is 7.08. The van der Waals surface area contributed by atoms with Crippen molar-refractivity contribution in [2.75, 3.05) is 20.2 Å². The third-order valence-electron chi connectivity index (χ3n) is 4.47. The van der Waals surface area contributed by atoms with E-state index in [1.54, 1.807) is 19.3 Å². The molecule has 0 saturated carbocycles. The van der Waals surface area contributed by atoms with E-state index in [9.17, 15) is 9.59 Å². The maximum Gasteiger partial charge on any atom is 0.252 e. The number of methoxy groups -OCH3 is 1. The monoisotopic (exact) mass is 370 g/mol. The molecule has 2 heterocycles. The second-order valence-electron chi connectivity index (χ2n) is 6.16. The fourth-order valence-corrected chi connectivity index (χ4v) is 3.61. The zero-order valence-electron chi connectivity index (χ0n) is 14.7. The minimum atomic E-state index is -0.0351. The first-order valence-corrected chi connectivity index (χ1v) is 9.54. The minimum Gasteiger partial charge on any atom is -0.496 e. The van der Waals surface area contributed by atoms with Crippen molar-refractivity contribution in [3.05, 3.63) is 58.3 Å². The predicted molar refractivity (Wildman–Crippen MR) is 103 cm³/mol. The molecule has 1 aromatic carbocycles. The fourth-order valence-electron chi connectivity index (χ4n) is 2.98. The Hall–Kier alpha value is -2.60. The molecule has 1 N–H and O–H groups in total. The molecule has 1 aliphatic heterocycles. The van der Waals surface area contributed by atoms with Gasteiger partial charge < -0.3 is 15.0 Å². The van der Waals surface area contributed by atoms with Gasteiger partial charge in [0.15, 0.2) is 0 Å². The number of rotatable bonds is 5. The standard InChI is InChI=1S/C20H22N2O3S/c1-25-18-5-3-2-4-15(18)6-7-19(23)22-11-8-17(9-12-22)21-20(24)16-10-13-26-14-16/h2-7,10,13-14,17H,8-9,11-12H2,1H3,(H,21,24)/b7-6+. The third kappa shape index (κ3) is 4.52. The molecule has 136 valence electrons. The molecular weight excluding hydrogens is 348 g/mol. The largest absolute Gasteiger partial charge is 0.496 e. The zero-order valence-corrected chi connectivity index (χ0v) is 15.5. The van der Waals surface area contributed by atoms with E-state index in [0.29, 0.717) is 18.7 Å². The number of hydrogen-bond acceptors (Lipinski definition) is 4. The number of carbonyl (C=O) groups is 2. The Kier molecular flexibility index (Phi) is 6.07. The van der Waals surface area contributed by atoms with Crippen LogP contribution < -0.4 is 10.1 Å². The lowest BCUT2D eigenvalue weighted by molar-refractivity contribution is -0.126. The number of ether oxygens (including phenoxy) is 1. The number of amides is 2. The summed E-state index contributed by atoms with van der Waals surface area (Å²) in [7, 11) is 1.61. The molecule has 3 rings (SSSR count). The average molecular weight is 370 g/mol. The topological polar surface area (TPSA) is 58.6 Å². The van der Waals surface area contributed by atoms with E-state index < -0.39 is 0 Å². The maximum atomic E-state index is 12.4. The van der Waals surface area contributed by atoms with Gasteiger partial charge in [0.05, 0.1) is 7.11 Å². The minimum absolute atomic E-state index is 0.0153. The molecule has 0 unspecified atom stereocenters. The average Bonchev–Trinajstić information content (AvgIpc) is 3.22. The van der Waals surface area contributed by atoms with Crippen LogP contribution in [-0.2, 0) is 4.79 Å². The summed E-state index contributed by atoms with van der Waals surface area (Å²) in [6.45, 7) is 1.29. The van der Waals surface area contributed by atoms with Crippen LogP contribution in [0.3, 0.4) is 0 Å². The van der Waals surface area contributed by atoms with Crippen LogP contribution in [0.15, 0.2) is 47.2 Å². The Morgan fingerprint density at radius 1 is 1.23 bits per heavy atom. The van der Waals surface area contributed by atoms with Gasteiger partial charge in [-0.25, -0.2) is 0 Å². The predicted octanol–water partition coefficient (Wildman–Crippen LogP) is 3.19. The van der Waals surface area contributed by atoms with E-state index in [0.717, 1.165) is 24.2 Å². The van der Waals surface area contributed by atoms with Crippen molar-refractivity contribution in [1.82, 2.24) is 10.2 Å². The lowest BCUT2D eigenvalue weighted by atomic mass is 10.0. The van der Waals surface area contributed by atoms with E-state index >= 15 is 0 Å². The van der Waals surface area contributed by atoms with Crippen molar-refractivity contribution < 1.29 is 14.3 Å². The van der Waals surface area contributed by atoms with Gasteiger partial charge in [-0.3, -0.25) is 9.59 Å². The van der Waals surface area contributed by atoms with Gasteiger partial charge in [-0.2, -0.15) is 11.3 Å². The number of nitrogens with one attached hydrogen (secondary N) is 1. The van der Waals surface area contributed by atoms with Crippen molar-refractivity contribution in [2.45, 2.75) is 18.9 Å². The van der Waals surface area contributed by atoms with Crippen molar-refractivity contribution in [2.24, 2.45) is 0 Å². The van der Waals surface area contributed by atoms with Crippen LogP contribution in [-0.4, -0.2) is 43.0 Å². The van der Waals surface area contributed by atoms with Crippen LogP contribution >= 0.6 is 11.3 Å². The fraction of sp³-hybridized carbons (Fsp3) is 0.300. The molecule has 1 aliphatic rings. The van der Waals surface area contributed by atoms with Crippen LogP contribution in [0.1, 0.15) is 28.8 Å². The summed E-state index contributed by atoms with van der Waals surface area (Å²) in [6.07, 6.45) is 4.90. The van der Waals surface area contributed by atoms with Crippen LogP contribution in [0.2, 0.25) is 0 Å². The molecule has 0 radical (unpaired) electrons. The van der Waals surface area contributed by atoms with Gasteiger partial charge in [-0.05, 0) is 36.4 Å². The number of hydrogen-bond donors (Lipinski definition) is 1. The van der Waals surface area contributed by atoms with Crippen molar-refractivity contribution in [1.29, 1.82) is 0 Å². The second-order valence-corrected chi connectivity index (χ2v) is 6.94. The summed E-state index contributed by atoms with van der Waals surface area (Å²) in [5, 5.41) is 6.79. The molecule has 2 amide bonds. The first kappa shape index (κ1) is 18.2. The van der Waals surface area contributed by atoms with E-state index in [1.807, 2.05) is 46.0 Å². The van der Waals surface area contributed by atoms with E-state index in [4.69, 9.17) is 4.74 Å². The molecule has 0 aliphatic carbocycles. The maximum absolute atomic E-state index is 12.4. The molecule has 0 atom stereocenters. The highest BCUT2D eigenvalue weighted by Gasteiger charge is 2.23. The van der Waals surface area contributed by atoms with Crippen molar-refractivity contribution >= 4 is 29.2 Å². The van der Waals surface area contributed by atoms with Crippen LogP contribution in [0.5, 0.6) is 5.75 Å². The second kappa shape index (κ2) is 8.67. The van der Waals surface area contributed by atoms with E-state index in [-0.39, 0.29) is 17.9 Å². The molecular formula is C20H22N2O3S. The number of thiophene rings is 1. The summed E-state index contributed by atoms with van der Waals surface area (Å²) in [4.78, 5) is 26.3. The Bertz CT molecular complexity index is 778. The Morgan fingerprint density at radius 2 is 2.00 bits per heavy atom. The number of likely N-dealkylation sites (tertiary alicyclic amines) is 1. The molecule has 6 heteroatoms. The van der Waals surface area contributed by atoms with Gasteiger partial charge in [0.1, 0.15) is 5.75 Å². The lowest BCUT2D eigenvalue weighted by Crippen LogP contribution is -2.46. The van der Waals surface area contributed by atoms with E-state index in [2.05, 4.69) is 5.32 Å². The van der Waals surface area contributed by atoms with Gasteiger partial charge in [0.2, 0.25) is 5.91 Å².